The van der Waals surface area contributed by atoms with Crippen LogP contribution < -0.4 is 4.74 Å². The van der Waals surface area contributed by atoms with Crippen molar-refractivity contribution in [2.45, 2.75) is 331 Å². The van der Waals surface area contributed by atoms with Crippen LogP contribution in [-0.2, 0) is 42.7 Å². The lowest BCUT2D eigenvalue weighted by Crippen LogP contribution is -2.55. The molecule has 16 heteroatoms. The smallest absolute Gasteiger partial charge is 0.193 e. The molecule has 0 bridgehead atoms. The molecule has 0 aliphatic carbocycles. The van der Waals surface area contributed by atoms with Crippen LogP contribution in [0.3, 0.4) is 0 Å². The van der Waals surface area contributed by atoms with Gasteiger partial charge in [0.25, 0.3) is 0 Å². The van der Waals surface area contributed by atoms with Gasteiger partial charge in [-0.3, -0.25) is 4.79 Å². The molecule has 0 aromatic heterocycles. The molecule has 12 atom stereocenters. The van der Waals surface area contributed by atoms with Crippen molar-refractivity contribution in [3.05, 3.63) is 29.8 Å². The van der Waals surface area contributed by atoms with Crippen LogP contribution in [0.2, 0.25) is 109 Å². The molecule has 1 aromatic carbocycles. The van der Waals surface area contributed by atoms with Crippen LogP contribution in [0.4, 0.5) is 0 Å². The van der Waals surface area contributed by atoms with E-state index in [9.17, 15) is 5.11 Å². The maximum atomic E-state index is 15.7. The first-order valence-electron chi connectivity index (χ1n) is 32.2. The number of carbonyl (C=O) groups excluding carboxylic acids is 1. The highest BCUT2D eigenvalue weighted by atomic mass is 28.4. The summed E-state index contributed by atoms with van der Waals surface area (Å²) in [5, 5.41) is 12.5. The third kappa shape index (κ3) is 22.8. The molecule has 0 saturated carbocycles. The topological polar surface area (TPSA) is 111 Å². The standard InChI is InChI=1S/C67H138O10Si6/c1-47(58(74-80(30,31)64(13,14)15)51(5)60(76-82(34,35)66(19,20)21)49(3)45-72-78(26,27)62(7,8)9)42-57(73-79(28,29)63(10,11)12)56(69)43-55(68)50(4)61(77-83(36,37)67(22,23)24)52(6)59(75-81(32,33)65(16,17)18)48(2)44-71-46-53-38-40-54(70-25)41-39-53/h38-41,47-52,55,57-61,68H,42-46H2,1-37H3/t47-,48-,49-,50+,51+,52+,55+,57-,58-,59-,60-,61-/m0/s1. The van der Waals surface area contributed by atoms with E-state index in [1.54, 1.807) is 7.11 Å². The molecule has 10 nitrogen and oxygen atoms in total. The molecule has 0 fully saturated rings. The largest absolute Gasteiger partial charge is 0.497 e. The first-order valence-corrected chi connectivity index (χ1v) is 49.6. The maximum Gasteiger partial charge on any atom is 0.193 e. The van der Waals surface area contributed by atoms with Crippen molar-refractivity contribution in [3.8, 4) is 5.75 Å². The van der Waals surface area contributed by atoms with Crippen molar-refractivity contribution in [2.75, 3.05) is 20.3 Å². The second kappa shape index (κ2) is 29.7. The van der Waals surface area contributed by atoms with Gasteiger partial charge in [0.05, 0.1) is 50.8 Å². The van der Waals surface area contributed by atoms with Crippen molar-refractivity contribution < 1.29 is 45.9 Å². The Labute approximate surface area is 521 Å². The van der Waals surface area contributed by atoms with Crippen LogP contribution in [0.15, 0.2) is 24.3 Å². The highest BCUT2D eigenvalue weighted by molar-refractivity contribution is 6.76. The fourth-order valence-electron chi connectivity index (χ4n) is 9.18. The molecule has 0 aliphatic heterocycles. The lowest BCUT2D eigenvalue weighted by atomic mass is 9.80. The van der Waals surface area contributed by atoms with E-state index in [-0.39, 0.29) is 90.3 Å². The van der Waals surface area contributed by atoms with Gasteiger partial charge in [0, 0.05) is 42.6 Å². The fourth-order valence-corrected chi connectivity index (χ4v) is 17.5. The Morgan fingerprint density at radius 2 is 0.747 bits per heavy atom. The van der Waals surface area contributed by atoms with Crippen LogP contribution in [-0.4, -0.2) is 118 Å². The Balaban J connectivity index is 4.16. The van der Waals surface area contributed by atoms with Crippen LogP contribution in [0.5, 0.6) is 5.75 Å². The number of hydrogen-bond acceptors (Lipinski definition) is 10. The van der Waals surface area contributed by atoms with Crippen LogP contribution >= 0.6 is 0 Å². The Morgan fingerprint density at radius 1 is 0.434 bits per heavy atom. The molecule has 0 heterocycles. The highest BCUT2D eigenvalue weighted by Gasteiger charge is 2.51. The summed E-state index contributed by atoms with van der Waals surface area (Å²) in [6.45, 7) is 84.0. The number of methoxy groups -OCH3 is 1. The van der Waals surface area contributed by atoms with E-state index >= 15 is 4.79 Å². The number of Topliss-reactive ketones (excluding diaryl/α,β-unsaturated/α-hetero) is 1. The molecule has 0 radical (unpaired) electrons. The Bertz CT molecular complexity index is 2100. The zero-order valence-corrected chi connectivity index (χ0v) is 67.4. The Morgan fingerprint density at radius 3 is 1.10 bits per heavy atom. The minimum Gasteiger partial charge on any atom is -0.497 e. The van der Waals surface area contributed by atoms with Gasteiger partial charge in [-0.05, 0) is 139 Å². The van der Waals surface area contributed by atoms with Gasteiger partial charge in [0.1, 0.15) is 11.9 Å². The van der Waals surface area contributed by atoms with Crippen LogP contribution in [0.25, 0.3) is 0 Å². The Kier molecular flexibility index (Phi) is 28.9. The Hall–Kier alpha value is -0.329. The number of ketones is 1. The van der Waals surface area contributed by atoms with E-state index in [1.807, 2.05) is 24.3 Å². The summed E-state index contributed by atoms with van der Waals surface area (Å²) < 4.78 is 56.8. The molecule has 1 rings (SSSR count). The number of carbonyl (C=O) groups is 1. The summed E-state index contributed by atoms with van der Waals surface area (Å²) in [4.78, 5) is 15.7. The van der Waals surface area contributed by atoms with Gasteiger partial charge in [-0.1, -0.05) is 178 Å². The molecule has 0 aliphatic rings. The minimum absolute atomic E-state index is 0.0128. The van der Waals surface area contributed by atoms with E-state index < -0.39 is 74.1 Å². The summed E-state index contributed by atoms with van der Waals surface area (Å²) >= 11 is 0. The van der Waals surface area contributed by atoms with Gasteiger partial charge < -0.3 is 41.1 Å². The van der Waals surface area contributed by atoms with Gasteiger partial charge >= 0.3 is 0 Å². The zero-order valence-electron chi connectivity index (χ0n) is 61.4. The normalized spacial score (nSPS) is 19.0. The van der Waals surface area contributed by atoms with Gasteiger partial charge in [-0.15, -0.1) is 0 Å². The molecule has 0 unspecified atom stereocenters. The number of rotatable bonds is 32. The quantitative estimate of drug-likeness (QED) is 0.0700. The average molecular weight is 1270 g/mol. The molecule has 0 amide bonds. The van der Waals surface area contributed by atoms with Crippen molar-refractivity contribution >= 4 is 55.7 Å². The van der Waals surface area contributed by atoms with E-state index in [2.05, 4.69) is 245 Å². The number of aliphatic hydroxyl groups excluding tert-OH is 1. The van der Waals surface area contributed by atoms with Crippen molar-refractivity contribution in [3.63, 3.8) is 0 Å². The van der Waals surface area contributed by atoms with E-state index in [0.29, 0.717) is 26.2 Å². The second-order valence-corrected chi connectivity index (χ2v) is 63.7. The molecular formula is C67H138O10Si6. The van der Waals surface area contributed by atoms with E-state index in [0.717, 1.165) is 11.3 Å². The minimum atomic E-state index is -2.56. The van der Waals surface area contributed by atoms with E-state index in [4.69, 9.17) is 36.0 Å². The summed E-state index contributed by atoms with van der Waals surface area (Å²) in [6.07, 6.45) is -2.50. The third-order valence-electron chi connectivity index (χ3n) is 21.7. The monoisotopic (exact) mass is 1270 g/mol. The van der Waals surface area contributed by atoms with Crippen LogP contribution in [0, 0.1) is 35.5 Å². The summed E-state index contributed by atoms with van der Waals surface area (Å²) in [7, 11) is -12.6. The van der Waals surface area contributed by atoms with Gasteiger partial charge in [-0.25, -0.2) is 0 Å². The molecule has 1 N–H and O–H groups in total. The van der Waals surface area contributed by atoms with E-state index in [1.165, 1.54) is 0 Å². The van der Waals surface area contributed by atoms with Crippen molar-refractivity contribution in [2.24, 2.45) is 35.5 Å². The molecule has 83 heavy (non-hydrogen) atoms. The molecule has 0 saturated heterocycles. The lowest BCUT2D eigenvalue weighted by Gasteiger charge is -2.49. The molecule has 0 spiro atoms. The van der Waals surface area contributed by atoms with Crippen LogP contribution in [0.1, 0.15) is 185 Å². The molecule has 1 aromatic rings. The molecular weight excluding hydrogens is 1130 g/mol. The fraction of sp³-hybridized carbons (Fsp3) is 0.896. The molecule has 490 valence electrons. The number of hydrogen-bond donors (Lipinski definition) is 1. The van der Waals surface area contributed by atoms with Gasteiger partial charge in [-0.2, -0.15) is 0 Å². The highest BCUT2D eigenvalue weighted by Crippen LogP contribution is 2.48. The SMILES string of the molecule is COc1ccc(COC[C@H](C)[C@H](O[Si](C)(C)C(C)(C)C)[C@@H](C)[C@@H](O[Si](C)(C)C(C)(C)C)[C@H](C)[C@H](O)CC(=O)[C@H](C[C@H](C)[C@H](O[Si](C)(C)C(C)(C)C)[C@@H](C)[C@@H](O[Si](C)(C)C(C)(C)C)[C@@H](C)CO[Si](C)(C)C(C)(C)C)O[Si](C)(C)C(C)(C)C)cc1. The summed E-state index contributed by atoms with van der Waals surface area (Å²) in [5.74, 6) is 0.0594. The van der Waals surface area contributed by atoms with Crippen molar-refractivity contribution in [1.82, 2.24) is 0 Å². The first kappa shape index (κ1) is 80.7. The first-order chi connectivity index (χ1) is 36.7. The average Bonchev–Trinajstić information content (AvgIpc) is 3.34. The number of aliphatic hydroxyl groups is 1. The summed E-state index contributed by atoms with van der Waals surface area (Å²) in [5.41, 5.74) is 1.07. The zero-order chi connectivity index (χ0) is 65.7. The second-order valence-electron chi connectivity index (χ2n) is 35.2. The summed E-state index contributed by atoms with van der Waals surface area (Å²) in [6, 6.07) is 8.02. The predicted molar refractivity (Wildman–Crippen MR) is 371 cm³/mol. The number of benzene rings is 1. The predicted octanol–water partition coefficient (Wildman–Crippen LogP) is 19.7. The number of ether oxygens (including phenoxy) is 2. The third-order valence-corrected chi connectivity index (χ3v) is 48.6. The van der Waals surface area contributed by atoms with Crippen molar-refractivity contribution in [1.29, 1.82) is 0 Å². The maximum absolute atomic E-state index is 15.7. The lowest BCUT2D eigenvalue weighted by molar-refractivity contribution is -0.131. The van der Waals surface area contributed by atoms with Gasteiger partial charge in [0.2, 0.25) is 0 Å². The van der Waals surface area contributed by atoms with Gasteiger partial charge in [0.15, 0.2) is 55.7 Å².